The fourth-order valence-corrected chi connectivity index (χ4v) is 3.30. The number of urea groups is 1. The number of nitrogens with zero attached hydrogens (tertiary/aromatic N) is 5. The number of benzene rings is 1. The Kier molecular flexibility index (Phi) is 5.81. The molecule has 0 unspecified atom stereocenters. The lowest BCUT2D eigenvalue weighted by Gasteiger charge is -2.28. The molecule has 8 heteroatoms. The zero-order valence-electron chi connectivity index (χ0n) is 16.4. The van der Waals surface area contributed by atoms with Crippen LogP contribution in [0.4, 0.5) is 10.5 Å². The van der Waals surface area contributed by atoms with E-state index < -0.39 is 0 Å². The molecular weight excluding hydrogens is 368 g/mol. The Hall–Kier alpha value is -3.26. The maximum absolute atomic E-state index is 12.7. The van der Waals surface area contributed by atoms with Gasteiger partial charge in [0.25, 0.3) is 0 Å². The van der Waals surface area contributed by atoms with E-state index in [-0.39, 0.29) is 6.03 Å². The van der Waals surface area contributed by atoms with Gasteiger partial charge in [-0.1, -0.05) is 30.3 Å². The van der Waals surface area contributed by atoms with Crippen molar-refractivity contribution in [1.82, 2.24) is 24.9 Å². The summed E-state index contributed by atoms with van der Waals surface area (Å²) in [4.78, 5) is 18.6. The zero-order valence-corrected chi connectivity index (χ0v) is 16.4. The summed E-state index contributed by atoms with van der Waals surface area (Å²) in [6.07, 6.45) is 4.44. The average molecular weight is 392 g/mol. The fourth-order valence-electron chi connectivity index (χ4n) is 3.30. The number of hydrogen-bond donors (Lipinski definition) is 1. The van der Waals surface area contributed by atoms with Crippen LogP contribution >= 0.6 is 0 Å². The second-order valence-corrected chi connectivity index (χ2v) is 6.97. The number of rotatable bonds is 6. The van der Waals surface area contributed by atoms with Crippen LogP contribution in [0.15, 0.2) is 48.8 Å². The molecule has 0 saturated carbocycles. The quantitative estimate of drug-likeness (QED) is 0.697. The molecule has 2 aromatic heterocycles. The molecule has 1 aliphatic rings. The van der Waals surface area contributed by atoms with Crippen LogP contribution < -0.4 is 5.32 Å². The topological polar surface area (TPSA) is 85.2 Å². The van der Waals surface area contributed by atoms with Crippen molar-refractivity contribution in [3.8, 4) is 0 Å². The average Bonchev–Trinajstić information content (AvgIpc) is 3.17. The van der Waals surface area contributed by atoms with Gasteiger partial charge in [-0.05, 0) is 35.7 Å². The summed E-state index contributed by atoms with van der Waals surface area (Å²) < 4.78 is 7.62. The molecule has 0 atom stereocenters. The standard InChI is InChI=1S/C21H24N6O2/c1-2-16-5-3-7-18(11-16)23-21(28)26-9-10-27-20(13-26)19(24-25-27)15-29-14-17-6-4-8-22-12-17/h3-8,11-12H,2,9-10,13-15H2,1H3,(H,23,28). The van der Waals surface area contributed by atoms with E-state index in [1.54, 1.807) is 17.3 Å². The smallest absolute Gasteiger partial charge is 0.322 e. The summed E-state index contributed by atoms with van der Waals surface area (Å²) in [7, 11) is 0. The number of carbonyl (C=O) groups is 1. The van der Waals surface area contributed by atoms with Crippen LogP contribution in [0.5, 0.6) is 0 Å². The molecule has 1 N–H and O–H groups in total. The minimum absolute atomic E-state index is 0.118. The van der Waals surface area contributed by atoms with Crippen LogP contribution in [-0.4, -0.2) is 37.5 Å². The van der Waals surface area contributed by atoms with Gasteiger partial charge < -0.3 is 15.0 Å². The summed E-state index contributed by atoms with van der Waals surface area (Å²) in [5.41, 5.74) is 4.69. The number of amides is 2. The molecule has 2 amide bonds. The van der Waals surface area contributed by atoms with Crippen molar-refractivity contribution >= 4 is 11.7 Å². The Balaban J connectivity index is 1.37. The van der Waals surface area contributed by atoms with Gasteiger partial charge in [-0.2, -0.15) is 0 Å². The van der Waals surface area contributed by atoms with Crippen molar-refractivity contribution < 1.29 is 9.53 Å². The van der Waals surface area contributed by atoms with Gasteiger partial charge in [0.1, 0.15) is 5.69 Å². The predicted octanol–water partition coefficient (Wildman–Crippen LogP) is 3.00. The molecule has 150 valence electrons. The van der Waals surface area contributed by atoms with Crippen molar-refractivity contribution in [2.45, 2.75) is 39.6 Å². The summed E-state index contributed by atoms with van der Waals surface area (Å²) in [6, 6.07) is 11.7. The fraction of sp³-hybridized carbons (Fsp3) is 0.333. The maximum atomic E-state index is 12.7. The monoisotopic (exact) mass is 392 g/mol. The highest BCUT2D eigenvalue weighted by Crippen LogP contribution is 2.18. The van der Waals surface area contributed by atoms with Crippen LogP contribution in [0.2, 0.25) is 0 Å². The predicted molar refractivity (Wildman–Crippen MR) is 108 cm³/mol. The molecule has 1 aliphatic heterocycles. The van der Waals surface area contributed by atoms with Crippen LogP contribution in [0, 0.1) is 0 Å². The lowest BCUT2D eigenvalue weighted by Crippen LogP contribution is -2.41. The summed E-state index contributed by atoms with van der Waals surface area (Å²) >= 11 is 0. The molecule has 4 rings (SSSR count). The van der Waals surface area contributed by atoms with E-state index in [1.807, 2.05) is 35.0 Å². The Morgan fingerprint density at radius 3 is 2.90 bits per heavy atom. The molecular formula is C21H24N6O2. The van der Waals surface area contributed by atoms with Crippen molar-refractivity contribution in [2.75, 3.05) is 11.9 Å². The minimum atomic E-state index is -0.118. The normalized spacial score (nSPS) is 13.2. The third kappa shape index (κ3) is 4.60. The van der Waals surface area contributed by atoms with Crippen molar-refractivity contribution in [2.24, 2.45) is 0 Å². The first-order valence-corrected chi connectivity index (χ1v) is 9.75. The second-order valence-electron chi connectivity index (χ2n) is 6.97. The second kappa shape index (κ2) is 8.83. The first kappa shape index (κ1) is 19.1. The van der Waals surface area contributed by atoms with Crippen LogP contribution in [-0.2, 0) is 37.5 Å². The lowest BCUT2D eigenvalue weighted by atomic mass is 10.1. The van der Waals surface area contributed by atoms with Gasteiger partial charge in [-0.3, -0.25) is 4.98 Å². The van der Waals surface area contributed by atoms with Gasteiger partial charge in [0, 0.05) is 24.6 Å². The van der Waals surface area contributed by atoms with E-state index in [0.29, 0.717) is 32.8 Å². The van der Waals surface area contributed by atoms with Gasteiger partial charge in [0.15, 0.2) is 0 Å². The van der Waals surface area contributed by atoms with E-state index in [9.17, 15) is 4.79 Å². The number of ether oxygens (including phenoxy) is 1. The number of hydrogen-bond acceptors (Lipinski definition) is 5. The van der Waals surface area contributed by atoms with Crippen LogP contribution in [0.1, 0.15) is 29.4 Å². The van der Waals surface area contributed by atoms with Crippen LogP contribution in [0.25, 0.3) is 0 Å². The van der Waals surface area contributed by atoms with Gasteiger partial charge in [0.05, 0.1) is 32.0 Å². The molecule has 3 heterocycles. The molecule has 29 heavy (non-hydrogen) atoms. The Morgan fingerprint density at radius 2 is 2.07 bits per heavy atom. The highest BCUT2D eigenvalue weighted by molar-refractivity contribution is 5.89. The third-order valence-corrected chi connectivity index (χ3v) is 4.94. The number of nitrogens with one attached hydrogen (secondary N) is 1. The zero-order chi connectivity index (χ0) is 20.1. The van der Waals surface area contributed by atoms with E-state index in [2.05, 4.69) is 33.6 Å². The largest absolute Gasteiger partial charge is 0.370 e. The molecule has 1 aromatic carbocycles. The molecule has 8 nitrogen and oxygen atoms in total. The van der Waals surface area contributed by atoms with Gasteiger partial charge in [-0.15, -0.1) is 5.10 Å². The molecule has 0 fully saturated rings. The Labute approximate surface area is 169 Å². The Bertz CT molecular complexity index is 972. The highest BCUT2D eigenvalue weighted by atomic mass is 16.5. The summed E-state index contributed by atoms with van der Waals surface area (Å²) in [6.45, 7) is 4.56. The van der Waals surface area contributed by atoms with Gasteiger partial charge in [0.2, 0.25) is 0 Å². The van der Waals surface area contributed by atoms with E-state index in [0.717, 1.165) is 29.1 Å². The molecule has 0 saturated heterocycles. The number of pyridine rings is 1. The molecule has 0 spiro atoms. The number of fused-ring (bicyclic) bond motifs is 1. The lowest BCUT2D eigenvalue weighted by molar-refractivity contribution is 0.103. The Morgan fingerprint density at radius 1 is 1.17 bits per heavy atom. The third-order valence-electron chi connectivity index (χ3n) is 4.94. The first-order valence-electron chi connectivity index (χ1n) is 9.75. The maximum Gasteiger partial charge on any atom is 0.322 e. The number of aromatic nitrogens is 4. The first-order chi connectivity index (χ1) is 14.2. The van der Waals surface area contributed by atoms with Gasteiger partial charge >= 0.3 is 6.03 Å². The number of anilines is 1. The highest BCUT2D eigenvalue weighted by Gasteiger charge is 2.25. The van der Waals surface area contributed by atoms with E-state index >= 15 is 0 Å². The number of aryl methyl sites for hydroxylation is 1. The SMILES string of the molecule is CCc1cccc(NC(=O)N2CCn3nnc(COCc4cccnc4)c3C2)c1. The summed E-state index contributed by atoms with van der Waals surface area (Å²) in [5, 5.41) is 11.4. The van der Waals surface area contributed by atoms with Crippen molar-refractivity contribution in [3.05, 3.63) is 71.3 Å². The van der Waals surface area contributed by atoms with E-state index in [1.165, 1.54) is 5.56 Å². The van der Waals surface area contributed by atoms with Gasteiger partial charge in [-0.25, -0.2) is 9.48 Å². The van der Waals surface area contributed by atoms with E-state index in [4.69, 9.17) is 4.74 Å². The molecule has 0 bridgehead atoms. The molecule has 3 aromatic rings. The van der Waals surface area contributed by atoms with Crippen molar-refractivity contribution in [3.63, 3.8) is 0 Å². The van der Waals surface area contributed by atoms with Crippen molar-refractivity contribution in [1.29, 1.82) is 0 Å². The molecule has 0 radical (unpaired) electrons. The van der Waals surface area contributed by atoms with Crippen LogP contribution in [0.3, 0.4) is 0 Å². The summed E-state index contributed by atoms with van der Waals surface area (Å²) in [5.74, 6) is 0. The minimum Gasteiger partial charge on any atom is -0.370 e. The number of carbonyl (C=O) groups excluding carboxylic acids is 1. The molecule has 0 aliphatic carbocycles.